The zero-order chi connectivity index (χ0) is 14.0. The van der Waals surface area contributed by atoms with Gasteiger partial charge in [-0.05, 0) is 18.6 Å². The van der Waals surface area contributed by atoms with Crippen LogP contribution in [-0.2, 0) is 0 Å². The van der Waals surface area contributed by atoms with E-state index in [1.807, 2.05) is 0 Å². The molecule has 2 nitrogen and oxygen atoms in total. The summed E-state index contributed by atoms with van der Waals surface area (Å²) in [6.07, 6.45) is -2.83. The lowest BCUT2D eigenvalue weighted by Crippen LogP contribution is -2.47. The maximum atomic E-state index is 14.0. The summed E-state index contributed by atoms with van der Waals surface area (Å²) in [4.78, 5) is 1.43. The zero-order valence-corrected chi connectivity index (χ0v) is 10.6. The molecule has 106 valence electrons. The van der Waals surface area contributed by atoms with Gasteiger partial charge in [0.15, 0.2) is 0 Å². The van der Waals surface area contributed by atoms with Crippen molar-refractivity contribution >= 4 is 0 Å². The number of nitrogens with zero attached hydrogens (tertiary/aromatic N) is 1. The lowest BCUT2D eigenvalue weighted by molar-refractivity contribution is 0.0144. The molecule has 1 aromatic carbocycles. The van der Waals surface area contributed by atoms with Crippen LogP contribution in [-0.4, -0.2) is 37.5 Å². The van der Waals surface area contributed by atoms with Crippen LogP contribution >= 0.6 is 0 Å². The van der Waals surface area contributed by atoms with Crippen LogP contribution in [0.25, 0.3) is 0 Å². The molecular formula is C13H16F4N2. The van der Waals surface area contributed by atoms with Gasteiger partial charge in [-0.25, -0.2) is 17.6 Å². The molecule has 6 heteroatoms. The first kappa shape index (κ1) is 14.3. The van der Waals surface area contributed by atoms with Gasteiger partial charge < -0.3 is 5.32 Å². The summed E-state index contributed by atoms with van der Waals surface area (Å²) in [6.45, 7) is 3.22. The van der Waals surface area contributed by atoms with Crippen molar-refractivity contribution in [1.82, 2.24) is 10.2 Å². The van der Waals surface area contributed by atoms with E-state index in [0.717, 1.165) is 6.07 Å². The van der Waals surface area contributed by atoms with Gasteiger partial charge >= 0.3 is 0 Å². The monoisotopic (exact) mass is 276 g/mol. The van der Waals surface area contributed by atoms with Crippen LogP contribution in [0, 0.1) is 18.6 Å². The number of halogens is 4. The van der Waals surface area contributed by atoms with Gasteiger partial charge in [0.25, 0.3) is 6.43 Å². The molecule has 0 aromatic heterocycles. The highest BCUT2D eigenvalue weighted by Crippen LogP contribution is 2.32. The van der Waals surface area contributed by atoms with E-state index in [0.29, 0.717) is 26.2 Å². The Morgan fingerprint density at radius 3 is 2.37 bits per heavy atom. The smallest absolute Gasteiger partial charge is 0.258 e. The summed E-state index contributed by atoms with van der Waals surface area (Å²) in [5.41, 5.74) is -0.339. The van der Waals surface area contributed by atoms with Crippen molar-refractivity contribution in [3.05, 3.63) is 34.9 Å². The van der Waals surface area contributed by atoms with Crippen molar-refractivity contribution in [3.63, 3.8) is 0 Å². The summed E-state index contributed by atoms with van der Waals surface area (Å²) >= 11 is 0. The fourth-order valence-electron chi connectivity index (χ4n) is 2.38. The first-order chi connectivity index (χ1) is 9.02. The normalized spacial score (nSPS) is 18.8. The minimum Gasteiger partial charge on any atom is -0.314 e. The summed E-state index contributed by atoms with van der Waals surface area (Å²) in [7, 11) is 0. The van der Waals surface area contributed by atoms with Gasteiger partial charge in [0, 0.05) is 31.7 Å². The van der Waals surface area contributed by atoms with Crippen molar-refractivity contribution in [1.29, 1.82) is 0 Å². The third-order valence-electron chi connectivity index (χ3n) is 3.40. The van der Waals surface area contributed by atoms with E-state index < -0.39 is 29.7 Å². The predicted molar refractivity (Wildman–Crippen MR) is 64.3 cm³/mol. The Labute approximate surface area is 109 Å². The van der Waals surface area contributed by atoms with E-state index >= 15 is 0 Å². The first-order valence-corrected chi connectivity index (χ1v) is 6.19. The Morgan fingerprint density at radius 1 is 1.16 bits per heavy atom. The summed E-state index contributed by atoms with van der Waals surface area (Å²) in [5, 5.41) is 3.03. The quantitative estimate of drug-likeness (QED) is 0.853. The summed E-state index contributed by atoms with van der Waals surface area (Å²) in [6, 6.07) is 0.779. The van der Waals surface area contributed by atoms with Crippen molar-refractivity contribution in [3.8, 4) is 0 Å². The number of rotatable bonds is 3. The van der Waals surface area contributed by atoms with Crippen LogP contribution in [0.2, 0.25) is 0 Å². The topological polar surface area (TPSA) is 15.3 Å². The highest BCUT2D eigenvalue weighted by molar-refractivity contribution is 5.30. The molecule has 0 spiro atoms. The lowest BCUT2D eigenvalue weighted by atomic mass is 10.0. The molecule has 1 fully saturated rings. The van der Waals surface area contributed by atoms with Gasteiger partial charge in [-0.2, -0.15) is 0 Å². The zero-order valence-electron chi connectivity index (χ0n) is 10.6. The van der Waals surface area contributed by atoms with E-state index in [1.165, 1.54) is 17.9 Å². The van der Waals surface area contributed by atoms with Gasteiger partial charge in [0.1, 0.15) is 17.7 Å². The van der Waals surface area contributed by atoms with Crippen molar-refractivity contribution in [2.45, 2.75) is 19.4 Å². The maximum absolute atomic E-state index is 14.0. The number of benzene rings is 1. The molecule has 0 amide bonds. The fourth-order valence-corrected chi connectivity index (χ4v) is 2.38. The van der Waals surface area contributed by atoms with Crippen LogP contribution in [0.4, 0.5) is 17.6 Å². The van der Waals surface area contributed by atoms with E-state index in [2.05, 4.69) is 5.32 Å². The van der Waals surface area contributed by atoms with Crippen LogP contribution in [0.3, 0.4) is 0 Å². The second kappa shape index (κ2) is 5.88. The summed E-state index contributed by atoms with van der Waals surface area (Å²) < 4.78 is 54.3. The first-order valence-electron chi connectivity index (χ1n) is 6.19. The van der Waals surface area contributed by atoms with Gasteiger partial charge in [-0.1, -0.05) is 6.07 Å². The molecule has 1 N–H and O–H groups in total. The number of aryl methyl sites for hydroxylation is 1. The van der Waals surface area contributed by atoms with E-state index in [4.69, 9.17) is 0 Å². The number of hydrogen-bond acceptors (Lipinski definition) is 2. The second-order valence-corrected chi connectivity index (χ2v) is 4.66. The van der Waals surface area contributed by atoms with E-state index in [-0.39, 0.29) is 5.56 Å². The van der Waals surface area contributed by atoms with Crippen molar-refractivity contribution in [2.24, 2.45) is 0 Å². The molecule has 19 heavy (non-hydrogen) atoms. The average molecular weight is 276 g/mol. The predicted octanol–water partition coefficient (Wildman–Crippen LogP) is 2.48. The molecule has 1 aliphatic rings. The molecule has 1 saturated heterocycles. The van der Waals surface area contributed by atoms with Gasteiger partial charge in [0.05, 0.1) is 0 Å². The maximum Gasteiger partial charge on any atom is 0.258 e. The van der Waals surface area contributed by atoms with E-state index in [1.54, 1.807) is 0 Å². The molecule has 1 heterocycles. The van der Waals surface area contributed by atoms with E-state index in [9.17, 15) is 17.6 Å². The van der Waals surface area contributed by atoms with Crippen LogP contribution < -0.4 is 5.32 Å². The molecule has 1 atom stereocenters. The molecule has 0 bridgehead atoms. The number of hydrogen-bond donors (Lipinski definition) is 1. The minimum atomic E-state index is -2.83. The van der Waals surface area contributed by atoms with Crippen LogP contribution in [0.1, 0.15) is 17.2 Å². The SMILES string of the molecule is Cc1ccc(F)c([C@H](C(F)F)N2CCNCC2)c1F. The minimum absolute atomic E-state index is 0.178. The largest absolute Gasteiger partial charge is 0.314 e. The molecule has 0 aliphatic carbocycles. The highest BCUT2D eigenvalue weighted by atomic mass is 19.3. The third-order valence-corrected chi connectivity index (χ3v) is 3.40. The van der Waals surface area contributed by atoms with Crippen molar-refractivity contribution < 1.29 is 17.6 Å². The van der Waals surface area contributed by atoms with Crippen LogP contribution in [0.15, 0.2) is 12.1 Å². The van der Waals surface area contributed by atoms with Gasteiger partial charge in [-0.15, -0.1) is 0 Å². The van der Waals surface area contributed by atoms with Gasteiger partial charge in [-0.3, -0.25) is 4.90 Å². The molecule has 1 aromatic rings. The van der Waals surface area contributed by atoms with Crippen LogP contribution in [0.5, 0.6) is 0 Å². The Balaban J connectivity index is 2.41. The molecule has 0 saturated carbocycles. The van der Waals surface area contributed by atoms with Crippen molar-refractivity contribution in [2.75, 3.05) is 26.2 Å². The molecule has 1 aliphatic heterocycles. The Bertz CT molecular complexity index is 445. The summed E-state index contributed by atoms with van der Waals surface area (Å²) in [5.74, 6) is -1.78. The molecular weight excluding hydrogens is 260 g/mol. The molecule has 0 radical (unpaired) electrons. The lowest BCUT2D eigenvalue weighted by Gasteiger charge is -2.35. The number of nitrogens with one attached hydrogen (secondary N) is 1. The Kier molecular flexibility index (Phi) is 4.42. The molecule has 2 rings (SSSR count). The third kappa shape index (κ3) is 2.90. The number of alkyl halides is 2. The fraction of sp³-hybridized carbons (Fsp3) is 0.538. The highest BCUT2D eigenvalue weighted by Gasteiger charge is 2.34. The number of piperazine rings is 1. The Hall–Kier alpha value is -1.14. The standard InChI is InChI=1S/C13H16F4N2/c1-8-2-3-9(14)10(11(8)15)12(13(16)17)19-6-4-18-5-7-19/h2-3,12-13,18H,4-7H2,1H3/t12-/m1/s1. The Morgan fingerprint density at radius 2 is 1.79 bits per heavy atom. The second-order valence-electron chi connectivity index (χ2n) is 4.66. The van der Waals surface area contributed by atoms with Gasteiger partial charge in [0.2, 0.25) is 0 Å². The average Bonchev–Trinajstić information content (AvgIpc) is 2.39. The molecule has 0 unspecified atom stereocenters.